The topological polar surface area (TPSA) is 253 Å². The molecule has 0 aromatic carbocycles. The van der Waals surface area contributed by atoms with Crippen molar-refractivity contribution in [3.63, 3.8) is 0 Å². The smallest absolute Gasteiger partial charge is 0.462 e. The van der Waals surface area contributed by atoms with Crippen molar-refractivity contribution in [3.05, 3.63) is 12.2 Å². The van der Waals surface area contributed by atoms with Crippen molar-refractivity contribution in [2.24, 2.45) is 17.8 Å². The molecular weight excluding hydrogens is 834 g/mol. The summed E-state index contributed by atoms with van der Waals surface area (Å²) >= 11 is 0. The van der Waals surface area contributed by atoms with Gasteiger partial charge in [0.05, 0.1) is 32.0 Å². The predicted molar refractivity (Wildman–Crippen MR) is 231 cm³/mol. The highest BCUT2D eigenvalue weighted by Gasteiger charge is 2.39. The maximum Gasteiger partial charge on any atom is 0.472 e. The molecule has 0 spiro atoms. The average molecular weight is 915 g/mol. The fourth-order valence-corrected chi connectivity index (χ4v) is 8.35. The number of ether oxygens (including phenoxy) is 2. The molecule has 0 amide bonds. The van der Waals surface area contributed by atoms with Crippen LogP contribution >= 0.6 is 15.6 Å². The lowest BCUT2D eigenvalue weighted by Crippen LogP contribution is -2.30. The number of hydrogen-bond donors (Lipinski definition) is 6. The van der Waals surface area contributed by atoms with E-state index in [1.807, 2.05) is 0 Å². The molecule has 1 aliphatic rings. The van der Waals surface area contributed by atoms with Crippen LogP contribution in [-0.4, -0.2) is 98.6 Å². The van der Waals surface area contributed by atoms with E-state index in [0.717, 1.165) is 44.4 Å². The van der Waals surface area contributed by atoms with Gasteiger partial charge < -0.3 is 39.5 Å². The molecule has 0 aliphatic heterocycles. The molecule has 1 aliphatic carbocycles. The molecule has 18 heteroatoms. The first-order valence-corrected chi connectivity index (χ1v) is 25.9. The van der Waals surface area contributed by atoms with Gasteiger partial charge in [-0.3, -0.25) is 28.0 Å². The number of carbonyl (C=O) groups is 3. The minimum atomic E-state index is -4.89. The molecule has 0 heterocycles. The van der Waals surface area contributed by atoms with Gasteiger partial charge in [-0.1, -0.05) is 142 Å². The van der Waals surface area contributed by atoms with Crippen LogP contribution in [0.15, 0.2) is 12.2 Å². The van der Waals surface area contributed by atoms with Crippen LogP contribution in [0.5, 0.6) is 0 Å². The standard InChI is InChI=1S/C43H80O16P2/c1-4-5-17-23-35(44)27-28-39-38(40(46)29-41(39)47)24-19-15-16-21-26-43(49)59-37(33-58-61(53,54)57-31-36(45)30-56-60(50,51)52)32-55-42(48)25-20-14-12-10-8-6-7-9-11-13-18-22-34(2)3/h27-28,34-39,41,44-45,47H,4-26,29-33H2,1-3H3,(H,53,54)(H2,50,51,52)/b28-27+/t35-,36-,37+,38+,39+,41+/m0/s1. The zero-order valence-electron chi connectivity index (χ0n) is 37.2. The molecule has 0 radical (unpaired) electrons. The maximum atomic E-state index is 12.8. The molecule has 0 bridgehead atoms. The Labute approximate surface area is 364 Å². The van der Waals surface area contributed by atoms with Crippen molar-refractivity contribution in [2.75, 3.05) is 26.4 Å². The van der Waals surface area contributed by atoms with E-state index in [9.17, 15) is 43.7 Å². The lowest BCUT2D eigenvalue weighted by molar-refractivity contribution is -0.161. The maximum absolute atomic E-state index is 12.8. The summed E-state index contributed by atoms with van der Waals surface area (Å²) in [7, 11) is -9.77. The van der Waals surface area contributed by atoms with Crippen LogP contribution in [0.1, 0.15) is 175 Å². The predicted octanol–water partition coefficient (Wildman–Crippen LogP) is 8.18. The zero-order chi connectivity index (χ0) is 45.5. The van der Waals surface area contributed by atoms with Gasteiger partial charge in [-0.05, 0) is 31.6 Å². The molecule has 1 unspecified atom stereocenters. The SMILES string of the molecule is CCCCC[C@H](O)/C=C/[C@H]1[C@H](O)CC(=O)[C@@H]1CCCCCCC(=O)O[C@H](COC(=O)CCCCCCCCCCCCCC(C)C)COP(=O)(O)OC[C@@H](O)COP(=O)(O)O. The van der Waals surface area contributed by atoms with E-state index in [4.69, 9.17) is 23.8 Å². The third kappa shape index (κ3) is 31.9. The largest absolute Gasteiger partial charge is 0.472 e. The third-order valence-corrected chi connectivity index (χ3v) is 12.2. The molecule has 1 saturated carbocycles. The van der Waals surface area contributed by atoms with E-state index in [2.05, 4.69) is 29.8 Å². The Kier molecular flexibility index (Phi) is 31.9. The average Bonchev–Trinajstić information content (AvgIpc) is 3.46. The molecule has 16 nitrogen and oxygen atoms in total. The van der Waals surface area contributed by atoms with Gasteiger partial charge in [0.25, 0.3) is 0 Å². The summed E-state index contributed by atoms with van der Waals surface area (Å²) in [6, 6.07) is 0. The molecule has 0 aromatic heterocycles. The van der Waals surface area contributed by atoms with Crippen LogP contribution < -0.4 is 0 Å². The van der Waals surface area contributed by atoms with Gasteiger partial charge in [-0.25, -0.2) is 9.13 Å². The quantitative estimate of drug-likeness (QED) is 0.0147. The van der Waals surface area contributed by atoms with E-state index < -0.39 is 78.4 Å². The number of hydrogen-bond acceptors (Lipinski definition) is 13. The number of aliphatic hydroxyl groups is 3. The van der Waals surface area contributed by atoms with Gasteiger partial charge in [-0.2, -0.15) is 0 Å². The van der Waals surface area contributed by atoms with Gasteiger partial charge >= 0.3 is 27.6 Å². The number of phosphoric acid groups is 2. The van der Waals surface area contributed by atoms with Crippen molar-refractivity contribution < 1.29 is 76.6 Å². The molecule has 6 N–H and O–H groups in total. The number of rotatable bonds is 39. The minimum absolute atomic E-state index is 0.00206. The first kappa shape index (κ1) is 57.5. The number of ketones is 1. The van der Waals surface area contributed by atoms with E-state index in [0.29, 0.717) is 44.9 Å². The summed E-state index contributed by atoms with van der Waals surface area (Å²) < 4.78 is 47.8. The summed E-state index contributed by atoms with van der Waals surface area (Å²) in [6.45, 7) is 3.69. The molecular formula is C43H80O16P2. The second-order valence-electron chi connectivity index (χ2n) is 16.9. The van der Waals surface area contributed by atoms with Crippen LogP contribution in [-0.2, 0) is 46.6 Å². The Morgan fingerprint density at radius 2 is 1.23 bits per heavy atom. The summed E-state index contributed by atoms with van der Waals surface area (Å²) in [5, 5.41) is 30.5. The summed E-state index contributed by atoms with van der Waals surface area (Å²) in [6.07, 6.45) is 19.7. The van der Waals surface area contributed by atoms with Crippen LogP contribution in [0.25, 0.3) is 0 Å². The molecule has 7 atom stereocenters. The van der Waals surface area contributed by atoms with Crippen LogP contribution in [0, 0.1) is 17.8 Å². The lowest BCUT2D eigenvalue weighted by Gasteiger charge is -2.20. The number of carbonyl (C=O) groups excluding carboxylic acids is 3. The fourth-order valence-electron chi connectivity index (χ4n) is 7.19. The molecule has 1 rings (SSSR count). The number of esters is 2. The van der Waals surface area contributed by atoms with Crippen molar-refractivity contribution in [3.8, 4) is 0 Å². The fraction of sp³-hybridized carbons (Fsp3) is 0.884. The Hall–Kier alpha value is -1.55. The van der Waals surface area contributed by atoms with E-state index in [1.54, 1.807) is 12.2 Å². The monoisotopic (exact) mass is 914 g/mol. The molecule has 0 saturated heterocycles. The second-order valence-corrected chi connectivity index (χ2v) is 19.6. The third-order valence-electron chi connectivity index (χ3n) is 10.7. The first-order valence-electron chi connectivity index (χ1n) is 22.8. The number of phosphoric ester groups is 2. The highest BCUT2D eigenvalue weighted by Crippen LogP contribution is 2.44. The van der Waals surface area contributed by atoms with Crippen molar-refractivity contribution in [1.82, 2.24) is 0 Å². The first-order chi connectivity index (χ1) is 28.9. The van der Waals surface area contributed by atoms with Gasteiger partial charge in [-0.15, -0.1) is 0 Å². The molecule has 1 fully saturated rings. The Morgan fingerprint density at radius 3 is 1.82 bits per heavy atom. The van der Waals surface area contributed by atoms with Crippen molar-refractivity contribution in [2.45, 2.75) is 199 Å². The van der Waals surface area contributed by atoms with Gasteiger partial charge in [0.2, 0.25) is 0 Å². The highest BCUT2D eigenvalue weighted by molar-refractivity contribution is 7.47. The van der Waals surface area contributed by atoms with Crippen LogP contribution in [0.3, 0.4) is 0 Å². The van der Waals surface area contributed by atoms with Crippen LogP contribution in [0.4, 0.5) is 0 Å². The summed E-state index contributed by atoms with van der Waals surface area (Å²) in [5.41, 5.74) is 0. The van der Waals surface area contributed by atoms with E-state index >= 15 is 0 Å². The number of unbranched alkanes of at least 4 members (excludes halogenated alkanes) is 15. The minimum Gasteiger partial charge on any atom is -0.462 e. The van der Waals surface area contributed by atoms with Crippen molar-refractivity contribution >= 4 is 33.4 Å². The summed E-state index contributed by atoms with van der Waals surface area (Å²) in [4.78, 5) is 65.6. The Morgan fingerprint density at radius 1 is 0.705 bits per heavy atom. The Bertz CT molecular complexity index is 1310. The zero-order valence-corrected chi connectivity index (χ0v) is 38.9. The lowest BCUT2D eigenvalue weighted by atomic mass is 9.88. The van der Waals surface area contributed by atoms with Gasteiger partial charge in [0, 0.05) is 31.1 Å². The van der Waals surface area contributed by atoms with E-state index in [1.165, 1.54) is 51.4 Å². The molecule has 0 aromatic rings. The van der Waals surface area contributed by atoms with Gasteiger partial charge in [0.1, 0.15) is 18.5 Å². The normalized spacial score (nSPS) is 19.6. The molecule has 358 valence electrons. The number of aliphatic hydroxyl groups excluding tert-OH is 3. The van der Waals surface area contributed by atoms with Crippen LogP contribution in [0.2, 0.25) is 0 Å². The number of Topliss-reactive ketones (excluding diaryl/α,β-unsaturated/α-hetero) is 1. The summed E-state index contributed by atoms with van der Waals surface area (Å²) in [5.74, 6) is -1.09. The van der Waals surface area contributed by atoms with E-state index in [-0.39, 0.29) is 36.9 Å². The molecule has 61 heavy (non-hydrogen) atoms. The van der Waals surface area contributed by atoms with Gasteiger partial charge in [0.15, 0.2) is 6.10 Å². The second kappa shape index (κ2) is 33.9. The Balaban J connectivity index is 2.53. The van der Waals surface area contributed by atoms with Crippen molar-refractivity contribution in [1.29, 1.82) is 0 Å². The highest BCUT2D eigenvalue weighted by atomic mass is 31.2.